The van der Waals surface area contributed by atoms with Gasteiger partial charge in [-0.05, 0) is 17.8 Å². The van der Waals surface area contributed by atoms with E-state index in [1.165, 1.54) is 0 Å². The summed E-state index contributed by atoms with van der Waals surface area (Å²) in [6.07, 6.45) is 0.539. The lowest BCUT2D eigenvalue weighted by molar-refractivity contribution is -0.123. The Bertz CT molecular complexity index is 223. The Hall–Kier alpha value is -0.570. The zero-order valence-corrected chi connectivity index (χ0v) is 9.50. The average Bonchev–Trinajstić information content (AvgIpc) is 2.70. The van der Waals surface area contributed by atoms with Gasteiger partial charge in [-0.2, -0.15) is 0 Å². The summed E-state index contributed by atoms with van der Waals surface area (Å²) in [6.45, 7) is 8.45. The summed E-state index contributed by atoms with van der Waals surface area (Å²) in [5.74, 6) is 0.444. The van der Waals surface area contributed by atoms with E-state index in [0.717, 1.165) is 6.42 Å². The lowest BCUT2D eigenvalue weighted by Gasteiger charge is -2.15. The maximum absolute atomic E-state index is 11.5. The average molecular weight is 199 g/mol. The van der Waals surface area contributed by atoms with Gasteiger partial charge in [0.15, 0.2) is 0 Å². The van der Waals surface area contributed by atoms with E-state index in [-0.39, 0.29) is 23.2 Å². The number of carbonyl (C=O) groups is 1. The summed E-state index contributed by atoms with van der Waals surface area (Å²) in [5, 5.41) is 12.3. The molecule has 2 unspecified atom stereocenters. The Labute approximate surface area is 85.9 Å². The third kappa shape index (κ3) is 2.71. The molecule has 3 heteroatoms. The molecule has 1 aliphatic carbocycles. The van der Waals surface area contributed by atoms with Crippen LogP contribution in [-0.4, -0.2) is 23.7 Å². The van der Waals surface area contributed by atoms with Gasteiger partial charge in [0.1, 0.15) is 0 Å². The highest BCUT2D eigenvalue weighted by Crippen LogP contribution is 2.51. The second-order valence-corrected chi connectivity index (χ2v) is 5.30. The molecule has 0 aromatic heterocycles. The van der Waals surface area contributed by atoms with E-state index in [9.17, 15) is 9.90 Å². The fourth-order valence-corrected chi connectivity index (χ4v) is 1.48. The van der Waals surface area contributed by atoms with Crippen molar-refractivity contribution < 1.29 is 9.90 Å². The first-order valence-corrected chi connectivity index (χ1v) is 5.30. The minimum atomic E-state index is -0.430. The molecule has 0 heterocycles. The van der Waals surface area contributed by atoms with Crippen LogP contribution in [0.5, 0.6) is 0 Å². The predicted molar refractivity (Wildman–Crippen MR) is 55.7 cm³/mol. The van der Waals surface area contributed by atoms with Crippen LogP contribution in [0.25, 0.3) is 0 Å². The van der Waals surface area contributed by atoms with Crippen LogP contribution in [0.4, 0.5) is 0 Å². The van der Waals surface area contributed by atoms with Gasteiger partial charge in [0.25, 0.3) is 0 Å². The number of nitrogens with one attached hydrogen (secondary N) is 1. The second-order valence-electron chi connectivity index (χ2n) is 5.30. The molecule has 0 saturated heterocycles. The van der Waals surface area contributed by atoms with Crippen LogP contribution in [0.3, 0.4) is 0 Å². The van der Waals surface area contributed by atoms with Gasteiger partial charge in [-0.3, -0.25) is 4.79 Å². The standard InChI is InChI=1S/C11H21NO2/c1-7(2)9(13)6-12-10(14)8-5-11(8,3)4/h7-9,13H,5-6H2,1-4H3,(H,12,14). The lowest BCUT2D eigenvalue weighted by Crippen LogP contribution is -2.36. The molecule has 1 amide bonds. The van der Waals surface area contributed by atoms with Crippen molar-refractivity contribution in [1.82, 2.24) is 5.32 Å². The molecule has 1 rings (SSSR count). The molecule has 0 aromatic rings. The highest BCUT2D eigenvalue weighted by Gasteiger charge is 2.50. The van der Waals surface area contributed by atoms with Crippen molar-refractivity contribution >= 4 is 5.91 Å². The number of carbonyl (C=O) groups excluding carboxylic acids is 1. The highest BCUT2D eigenvalue weighted by atomic mass is 16.3. The topological polar surface area (TPSA) is 49.3 Å². The Balaban J connectivity index is 2.23. The zero-order chi connectivity index (χ0) is 10.9. The van der Waals surface area contributed by atoms with E-state index >= 15 is 0 Å². The molecule has 1 fully saturated rings. The number of aliphatic hydroxyl groups is 1. The molecule has 0 radical (unpaired) electrons. The molecule has 1 aliphatic rings. The smallest absolute Gasteiger partial charge is 0.223 e. The van der Waals surface area contributed by atoms with E-state index in [2.05, 4.69) is 19.2 Å². The molecule has 2 N–H and O–H groups in total. The first-order valence-electron chi connectivity index (χ1n) is 5.30. The van der Waals surface area contributed by atoms with Crippen LogP contribution >= 0.6 is 0 Å². The Kier molecular flexibility index (Phi) is 3.20. The molecule has 0 aliphatic heterocycles. The molecule has 0 aromatic carbocycles. The largest absolute Gasteiger partial charge is 0.391 e. The van der Waals surface area contributed by atoms with Gasteiger partial charge in [0.2, 0.25) is 5.91 Å². The SMILES string of the molecule is CC(C)C(O)CNC(=O)C1CC1(C)C. The predicted octanol–water partition coefficient (Wildman–Crippen LogP) is 1.17. The van der Waals surface area contributed by atoms with Gasteiger partial charge in [-0.25, -0.2) is 0 Å². The minimum Gasteiger partial charge on any atom is -0.391 e. The Morgan fingerprint density at radius 3 is 2.43 bits per heavy atom. The van der Waals surface area contributed by atoms with Crippen LogP contribution in [0, 0.1) is 17.3 Å². The van der Waals surface area contributed by atoms with Crippen molar-refractivity contribution in [2.24, 2.45) is 17.3 Å². The number of amides is 1. The van der Waals surface area contributed by atoms with Crippen molar-refractivity contribution in [2.75, 3.05) is 6.54 Å². The van der Waals surface area contributed by atoms with Crippen molar-refractivity contribution in [3.8, 4) is 0 Å². The molecular weight excluding hydrogens is 178 g/mol. The number of rotatable bonds is 4. The summed E-state index contributed by atoms with van der Waals surface area (Å²) in [4.78, 5) is 11.5. The Morgan fingerprint density at radius 2 is 2.07 bits per heavy atom. The fraction of sp³-hybridized carbons (Fsp3) is 0.909. The van der Waals surface area contributed by atoms with E-state index < -0.39 is 6.10 Å². The highest BCUT2D eigenvalue weighted by molar-refractivity contribution is 5.82. The zero-order valence-electron chi connectivity index (χ0n) is 9.50. The number of aliphatic hydroxyl groups excluding tert-OH is 1. The maximum Gasteiger partial charge on any atom is 0.223 e. The molecule has 1 saturated carbocycles. The molecule has 2 atom stereocenters. The van der Waals surface area contributed by atoms with Gasteiger partial charge < -0.3 is 10.4 Å². The quantitative estimate of drug-likeness (QED) is 0.714. The normalized spacial score (nSPS) is 26.0. The third-order valence-electron chi connectivity index (χ3n) is 3.08. The molecule has 82 valence electrons. The molecule has 3 nitrogen and oxygen atoms in total. The Morgan fingerprint density at radius 1 is 1.57 bits per heavy atom. The first-order chi connectivity index (χ1) is 6.34. The maximum atomic E-state index is 11.5. The third-order valence-corrected chi connectivity index (χ3v) is 3.08. The molecule has 0 bridgehead atoms. The molecule has 0 spiro atoms. The molecular formula is C11H21NO2. The van der Waals surface area contributed by atoms with Crippen molar-refractivity contribution in [3.63, 3.8) is 0 Å². The van der Waals surface area contributed by atoms with Gasteiger partial charge in [0, 0.05) is 12.5 Å². The van der Waals surface area contributed by atoms with Gasteiger partial charge in [-0.15, -0.1) is 0 Å². The first kappa shape index (κ1) is 11.5. The number of hydrogen-bond acceptors (Lipinski definition) is 2. The van der Waals surface area contributed by atoms with Crippen LogP contribution in [0.2, 0.25) is 0 Å². The number of hydrogen-bond donors (Lipinski definition) is 2. The van der Waals surface area contributed by atoms with Gasteiger partial charge >= 0.3 is 0 Å². The van der Waals surface area contributed by atoms with Gasteiger partial charge in [-0.1, -0.05) is 27.7 Å². The minimum absolute atomic E-state index is 0.0923. The van der Waals surface area contributed by atoms with E-state index in [0.29, 0.717) is 6.54 Å². The van der Waals surface area contributed by atoms with E-state index in [1.807, 2.05) is 13.8 Å². The van der Waals surface area contributed by atoms with E-state index in [1.54, 1.807) is 0 Å². The summed E-state index contributed by atoms with van der Waals surface area (Å²) < 4.78 is 0. The van der Waals surface area contributed by atoms with Gasteiger partial charge in [0.05, 0.1) is 6.10 Å². The molecule has 14 heavy (non-hydrogen) atoms. The van der Waals surface area contributed by atoms with Crippen LogP contribution in [0.15, 0.2) is 0 Å². The fourth-order valence-electron chi connectivity index (χ4n) is 1.48. The summed E-state index contributed by atoms with van der Waals surface area (Å²) in [7, 11) is 0. The lowest BCUT2D eigenvalue weighted by atomic mass is 10.1. The van der Waals surface area contributed by atoms with Crippen LogP contribution < -0.4 is 5.32 Å². The summed E-state index contributed by atoms with van der Waals surface area (Å²) >= 11 is 0. The summed E-state index contributed by atoms with van der Waals surface area (Å²) in [6, 6.07) is 0. The summed E-state index contributed by atoms with van der Waals surface area (Å²) in [5.41, 5.74) is 0.173. The van der Waals surface area contributed by atoms with Crippen molar-refractivity contribution in [1.29, 1.82) is 0 Å². The van der Waals surface area contributed by atoms with Crippen LogP contribution in [-0.2, 0) is 4.79 Å². The van der Waals surface area contributed by atoms with Crippen molar-refractivity contribution in [2.45, 2.75) is 40.2 Å². The second kappa shape index (κ2) is 3.89. The monoisotopic (exact) mass is 199 g/mol. The van der Waals surface area contributed by atoms with E-state index in [4.69, 9.17) is 0 Å². The van der Waals surface area contributed by atoms with Crippen molar-refractivity contribution in [3.05, 3.63) is 0 Å². The van der Waals surface area contributed by atoms with Crippen LogP contribution in [0.1, 0.15) is 34.1 Å².